The number of likely N-dealkylation sites (tertiary alicyclic amines) is 1. The molecule has 104 valence electrons. The largest absolute Gasteiger partial charge is 0.300 e. The maximum Gasteiger partial charge on any atom is 0.137 e. The summed E-state index contributed by atoms with van der Waals surface area (Å²) in [7, 11) is 0. The molecule has 18 heavy (non-hydrogen) atoms. The molecule has 2 aliphatic rings. The Kier molecular flexibility index (Phi) is 4.83. The third-order valence-electron chi connectivity index (χ3n) is 5.08. The van der Waals surface area contributed by atoms with Crippen molar-refractivity contribution in [3.63, 3.8) is 0 Å². The second-order valence-corrected chi connectivity index (χ2v) is 6.65. The van der Waals surface area contributed by atoms with E-state index in [-0.39, 0.29) is 0 Å². The summed E-state index contributed by atoms with van der Waals surface area (Å²) in [6.07, 6.45) is 7.33. The molecule has 0 spiro atoms. The van der Waals surface area contributed by atoms with Gasteiger partial charge in [0.05, 0.1) is 0 Å². The second kappa shape index (κ2) is 6.18. The van der Waals surface area contributed by atoms with Crippen LogP contribution in [0, 0.1) is 17.8 Å². The zero-order valence-corrected chi connectivity index (χ0v) is 12.3. The third-order valence-corrected chi connectivity index (χ3v) is 5.08. The molecule has 1 heterocycles. The Morgan fingerprint density at radius 1 is 1.28 bits per heavy atom. The van der Waals surface area contributed by atoms with Crippen molar-refractivity contribution in [3.05, 3.63) is 0 Å². The van der Waals surface area contributed by atoms with Crippen molar-refractivity contribution in [2.75, 3.05) is 13.1 Å². The minimum atomic E-state index is 0.313. The highest BCUT2D eigenvalue weighted by Gasteiger charge is 2.35. The fraction of sp³-hybridized carbons (Fsp3) is 0.938. The van der Waals surface area contributed by atoms with Gasteiger partial charge in [0.25, 0.3) is 0 Å². The molecule has 2 fully saturated rings. The standard InChI is InChI=1S/C16H29NO/c1-4-14-7-5-6-8-17(14)11-15-13(3)9-12(2)10-16(15)18/h12-15H,4-11H2,1-3H3. The van der Waals surface area contributed by atoms with Crippen molar-refractivity contribution in [2.45, 2.75) is 65.3 Å². The lowest BCUT2D eigenvalue weighted by Crippen LogP contribution is -2.46. The molecule has 1 saturated carbocycles. The normalized spacial score (nSPS) is 38.9. The van der Waals surface area contributed by atoms with Crippen LogP contribution < -0.4 is 0 Å². The summed E-state index contributed by atoms with van der Waals surface area (Å²) >= 11 is 0. The summed E-state index contributed by atoms with van der Waals surface area (Å²) in [6, 6.07) is 0.734. The Labute approximate surface area is 112 Å². The van der Waals surface area contributed by atoms with Crippen molar-refractivity contribution >= 4 is 5.78 Å². The van der Waals surface area contributed by atoms with E-state index in [9.17, 15) is 4.79 Å². The van der Waals surface area contributed by atoms with Gasteiger partial charge in [-0.15, -0.1) is 0 Å². The molecule has 0 N–H and O–H groups in total. The average Bonchev–Trinajstić information content (AvgIpc) is 2.34. The molecule has 0 amide bonds. The predicted molar refractivity (Wildman–Crippen MR) is 75.6 cm³/mol. The lowest BCUT2D eigenvalue weighted by Gasteiger charge is -2.40. The molecular formula is C16H29NO. The molecule has 0 aromatic heterocycles. The fourth-order valence-corrected chi connectivity index (χ4v) is 3.99. The van der Waals surface area contributed by atoms with E-state index in [2.05, 4.69) is 25.7 Å². The average molecular weight is 251 g/mol. The van der Waals surface area contributed by atoms with E-state index in [0.717, 1.165) is 19.0 Å². The first kappa shape index (κ1) is 14.0. The number of hydrogen-bond acceptors (Lipinski definition) is 2. The highest BCUT2D eigenvalue weighted by molar-refractivity contribution is 5.82. The molecule has 1 aliphatic carbocycles. The number of carbonyl (C=O) groups is 1. The minimum Gasteiger partial charge on any atom is -0.300 e. The molecule has 0 aromatic rings. The van der Waals surface area contributed by atoms with Crippen molar-refractivity contribution in [1.29, 1.82) is 0 Å². The van der Waals surface area contributed by atoms with Crippen LogP contribution in [0.2, 0.25) is 0 Å². The smallest absolute Gasteiger partial charge is 0.137 e. The first-order chi connectivity index (χ1) is 8.61. The summed E-state index contributed by atoms with van der Waals surface area (Å²) in [5, 5.41) is 0. The fourth-order valence-electron chi connectivity index (χ4n) is 3.99. The zero-order valence-electron chi connectivity index (χ0n) is 12.3. The Hall–Kier alpha value is -0.370. The molecule has 0 bridgehead atoms. The monoisotopic (exact) mass is 251 g/mol. The van der Waals surface area contributed by atoms with Crippen molar-refractivity contribution in [1.82, 2.24) is 4.90 Å². The lowest BCUT2D eigenvalue weighted by atomic mass is 9.74. The lowest BCUT2D eigenvalue weighted by molar-refractivity contribution is -0.129. The number of piperidine rings is 1. The molecular weight excluding hydrogens is 222 g/mol. The van der Waals surface area contributed by atoms with Gasteiger partial charge in [-0.3, -0.25) is 9.69 Å². The molecule has 4 unspecified atom stereocenters. The number of carbonyl (C=O) groups excluding carboxylic acids is 1. The van der Waals surface area contributed by atoms with Crippen LogP contribution in [0.5, 0.6) is 0 Å². The van der Waals surface area contributed by atoms with Gasteiger partial charge in [-0.2, -0.15) is 0 Å². The Morgan fingerprint density at radius 2 is 2.06 bits per heavy atom. The van der Waals surface area contributed by atoms with E-state index >= 15 is 0 Å². The van der Waals surface area contributed by atoms with Gasteiger partial charge in [-0.05, 0) is 44.1 Å². The summed E-state index contributed by atoms with van der Waals surface area (Å²) in [6.45, 7) is 9.04. The van der Waals surface area contributed by atoms with E-state index < -0.39 is 0 Å². The van der Waals surface area contributed by atoms with Gasteiger partial charge < -0.3 is 0 Å². The van der Waals surface area contributed by atoms with Crippen molar-refractivity contribution < 1.29 is 4.79 Å². The van der Waals surface area contributed by atoms with Crippen LogP contribution in [0.25, 0.3) is 0 Å². The Balaban J connectivity index is 1.96. The number of hydrogen-bond donors (Lipinski definition) is 0. The van der Waals surface area contributed by atoms with Gasteiger partial charge in [0.2, 0.25) is 0 Å². The van der Waals surface area contributed by atoms with Crippen LogP contribution in [-0.2, 0) is 4.79 Å². The molecule has 1 aliphatic heterocycles. The van der Waals surface area contributed by atoms with Crippen LogP contribution in [0.1, 0.15) is 59.3 Å². The maximum atomic E-state index is 12.3. The Morgan fingerprint density at radius 3 is 2.72 bits per heavy atom. The molecule has 0 aromatic carbocycles. The first-order valence-corrected chi connectivity index (χ1v) is 7.88. The maximum absolute atomic E-state index is 12.3. The van der Waals surface area contributed by atoms with Gasteiger partial charge in [0.15, 0.2) is 0 Å². The van der Waals surface area contributed by atoms with Gasteiger partial charge in [-0.1, -0.05) is 27.2 Å². The highest BCUT2D eigenvalue weighted by atomic mass is 16.1. The minimum absolute atomic E-state index is 0.313. The van der Waals surface area contributed by atoms with Crippen molar-refractivity contribution in [2.24, 2.45) is 17.8 Å². The van der Waals surface area contributed by atoms with E-state index in [1.54, 1.807) is 0 Å². The van der Waals surface area contributed by atoms with Gasteiger partial charge in [0.1, 0.15) is 5.78 Å². The zero-order chi connectivity index (χ0) is 13.1. The molecule has 2 nitrogen and oxygen atoms in total. The van der Waals surface area contributed by atoms with Crippen LogP contribution in [-0.4, -0.2) is 29.8 Å². The predicted octanol–water partition coefficient (Wildman–Crippen LogP) is 3.50. The quantitative estimate of drug-likeness (QED) is 0.765. The molecule has 0 radical (unpaired) electrons. The summed E-state index contributed by atoms with van der Waals surface area (Å²) in [5.74, 6) is 2.03. The SMILES string of the molecule is CCC1CCCCN1CC1C(=O)CC(C)CC1C. The van der Waals surface area contributed by atoms with Gasteiger partial charge in [0, 0.05) is 24.9 Å². The molecule has 1 saturated heterocycles. The topological polar surface area (TPSA) is 20.3 Å². The van der Waals surface area contributed by atoms with E-state index in [1.165, 1.54) is 38.6 Å². The molecule has 4 atom stereocenters. The number of ketones is 1. The van der Waals surface area contributed by atoms with Crippen LogP contribution >= 0.6 is 0 Å². The Bertz CT molecular complexity index is 289. The second-order valence-electron chi connectivity index (χ2n) is 6.65. The van der Waals surface area contributed by atoms with Crippen molar-refractivity contribution in [3.8, 4) is 0 Å². The van der Waals surface area contributed by atoms with Gasteiger partial charge >= 0.3 is 0 Å². The van der Waals surface area contributed by atoms with Crippen LogP contribution in [0.4, 0.5) is 0 Å². The van der Waals surface area contributed by atoms with E-state index in [1.807, 2.05) is 0 Å². The van der Waals surface area contributed by atoms with E-state index in [4.69, 9.17) is 0 Å². The molecule has 2 rings (SSSR count). The highest BCUT2D eigenvalue weighted by Crippen LogP contribution is 2.33. The first-order valence-electron chi connectivity index (χ1n) is 7.88. The summed E-state index contributed by atoms with van der Waals surface area (Å²) in [4.78, 5) is 14.9. The third kappa shape index (κ3) is 3.14. The number of rotatable bonds is 3. The number of nitrogens with zero attached hydrogens (tertiary/aromatic N) is 1. The van der Waals surface area contributed by atoms with Gasteiger partial charge in [-0.25, -0.2) is 0 Å². The molecule has 2 heteroatoms. The number of Topliss-reactive ketones (excluding diaryl/α,β-unsaturated/α-hetero) is 1. The summed E-state index contributed by atoms with van der Waals surface area (Å²) in [5.41, 5.74) is 0. The summed E-state index contributed by atoms with van der Waals surface area (Å²) < 4.78 is 0. The van der Waals surface area contributed by atoms with E-state index in [0.29, 0.717) is 23.5 Å². The van der Waals surface area contributed by atoms with Crippen LogP contribution in [0.15, 0.2) is 0 Å². The van der Waals surface area contributed by atoms with Crippen LogP contribution in [0.3, 0.4) is 0 Å².